The third-order valence-corrected chi connectivity index (χ3v) is 3.50. The van der Waals surface area contributed by atoms with E-state index in [1.165, 1.54) is 5.56 Å². The maximum Gasteiger partial charge on any atom is 0.246 e. The Morgan fingerprint density at radius 1 is 0.955 bits per heavy atom. The highest BCUT2D eigenvalue weighted by Gasteiger charge is 2.13. The second-order valence-corrected chi connectivity index (χ2v) is 7.19. The van der Waals surface area contributed by atoms with Gasteiger partial charge in [-0.05, 0) is 35.0 Å². The standard InChI is InChI=1S/C20H31NO/c1-15(2)13-21(14-16(3)4)20(22)12-9-18-7-10-19(11-8-18)17(5)6/h7-12,15-17H,13-14H2,1-6H3/b12-9+. The molecule has 0 aliphatic carbocycles. The largest absolute Gasteiger partial charge is 0.339 e. The Balaban J connectivity index is 2.74. The van der Waals surface area contributed by atoms with Crippen LogP contribution in [-0.4, -0.2) is 23.9 Å². The average Bonchev–Trinajstić information content (AvgIpc) is 2.43. The van der Waals surface area contributed by atoms with E-state index in [0.717, 1.165) is 18.7 Å². The zero-order chi connectivity index (χ0) is 16.7. The zero-order valence-corrected chi connectivity index (χ0v) is 15.0. The minimum atomic E-state index is 0.107. The molecule has 0 spiro atoms. The molecule has 1 aromatic carbocycles. The van der Waals surface area contributed by atoms with Crippen molar-refractivity contribution in [2.24, 2.45) is 11.8 Å². The van der Waals surface area contributed by atoms with E-state index in [2.05, 4.69) is 65.8 Å². The van der Waals surface area contributed by atoms with E-state index in [0.29, 0.717) is 17.8 Å². The number of benzene rings is 1. The lowest BCUT2D eigenvalue weighted by Crippen LogP contribution is -2.35. The van der Waals surface area contributed by atoms with Gasteiger partial charge in [0.2, 0.25) is 5.91 Å². The van der Waals surface area contributed by atoms with Crippen molar-refractivity contribution in [3.8, 4) is 0 Å². The molecule has 1 rings (SSSR count). The fourth-order valence-electron chi connectivity index (χ4n) is 2.40. The average molecular weight is 301 g/mol. The van der Waals surface area contributed by atoms with Gasteiger partial charge >= 0.3 is 0 Å². The van der Waals surface area contributed by atoms with Crippen LogP contribution in [0.15, 0.2) is 30.3 Å². The second kappa shape index (κ2) is 8.77. The van der Waals surface area contributed by atoms with Crippen molar-refractivity contribution in [3.05, 3.63) is 41.5 Å². The predicted molar refractivity (Wildman–Crippen MR) is 95.8 cm³/mol. The van der Waals surface area contributed by atoms with Crippen molar-refractivity contribution in [1.82, 2.24) is 4.90 Å². The lowest BCUT2D eigenvalue weighted by molar-refractivity contribution is -0.127. The molecule has 0 atom stereocenters. The number of nitrogens with zero attached hydrogens (tertiary/aromatic N) is 1. The summed E-state index contributed by atoms with van der Waals surface area (Å²) in [6.45, 7) is 14.6. The Kier molecular flexibility index (Phi) is 7.37. The minimum absolute atomic E-state index is 0.107. The molecule has 0 N–H and O–H groups in total. The van der Waals surface area contributed by atoms with Crippen LogP contribution in [0.25, 0.3) is 6.08 Å². The Hall–Kier alpha value is -1.57. The number of carbonyl (C=O) groups excluding carboxylic acids is 1. The second-order valence-electron chi connectivity index (χ2n) is 7.19. The Morgan fingerprint density at radius 3 is 1.86 bits per heavy atom. The van der Waals surface area contributed by atoms with E-state index in [1.54, 1.807) is 6.08 Å². The fourth-order valence-corrected chi connectivity index (χ4v) is 2.40. The molecule has 0 aromatic heterocycles. The first-order valence-electron chi connectivity index (χ1n) is 8.36. The van der Waals surface area contributed by atoms with Crippen LogP contribution in [0, 0.1) is 11.8 Å². The zero-order valence-electron chi connectivity index (χ0n) is 15.0. The molecule has 0 radical (unpaired) electrons. The normalized spacial score (nSPS) is 11.9. The first kappa shape index (κ1) is 18.5. The molecule has 0 saturated carbocycles. The maximum absolute atomic E-state index is 12.4. The summed E-state index contributed by atoms with van der Waals surface area (Å²) >= 11 is 0. The van der Waals surface area contributed by atoms with E-state index in [9.17, 15) is 4.79 Å². The highest BCUT2D eigenvalue weighted by atomic mass is 16.2. The number of hydrogen-bond donors (Lipinski definition) is 0. The van der Waals surface area contributed by atoms with Gasteiger partial charge in [-0.3, -0.25) is 4.79 Å². The van der Waals surface area contributed by atoms with Gasteiger partial charge in [-0.2, -0.15) is 0 Å². The molecular formula is C20H31NO. The molecule has 0 unspecified atom stereocenters. The highest BCUT2D eigenvalue weighted by molar-refractivity contribution is 5.91. The molecule has 122 valence electrons. The van der Waals surface area contributed by atoms with Crippen molar-refractivity contribution in [3.63, 3.8) is 0 Å². The monoisotopic (exact) mass is 301 g/mol. The van der Waals surface area contributed by atoms with Crippen LogP contribution in [0.4, 0.5) is 0 Å². The summed E-state index contributed by atoms with van der Waals surface area (Å²) in [5.41, 5.74) is 2.40. The molecule has 0 saturated heterocycles. The van der Waals surface area contributed by atoms with Crippen LogP contribution < -0.4 is 0 Å². The third kappa shape index (κ3) is 6.46. The van der Waals surface area contributed by atoms with Gasteiger partial charge < -0.3 is 4.90 Å². The molecule has 1 amide bonds. The SMILES string of the molecule is CC(C)CN(CC(C)C)C(=O)/C=C/c1ccc(C(C)C)cc1. The molecule has 1 aromatic rings. The van der Waals surface area contributed by atoms with Crippen molar-refractivity contribution in [2.75, 3.05) is 13.1 Å². The fraction of sp³-hybridized carbons (Fsp3) is 0.550. The first-order valence-corrected chi connectivity index (χ1v) is 8.36. The van der Waals surface area contributed by atoms with Crippen molar-refractivity contribution in [2.45, 2.75) is 47.5 Å². The summed E-state index contributed by atoms with van der Waals surface area (Å²) in [5.74, 6) is 1.62. The quantitative estimate of drug-likeness (QED) is 0.652. The van der Waals surface area contributed by atoms with Crippen LogP contribution in [-0.2, 0) is 4.79 Å². The van der Waals surface area contributed by atoms with Gasteiger partial charge in [-0.25, -0.2) is 0 Å². The highest BCUT2D eigenvalue weighted by Crippen LogP contribution is 2.15. The third-order valence-electron chi connectivity index (χ3n) is 3.50. The molecule has 2 heteroatoms. The van der Waals surface area contributed by atoms with E-state index in [-0.39, 0.29) is 5.91 Å². The summed E-state index contributed by atoms with van der Waals surface area (Å²) in [6, 6.07) is 8.42. The van der Waals surface area contributed by atoms with E-state index < -0.39 is 0 Å². The van der Waals surface area contributed by atoms with Gasteiger partial charge in [-0.1, -0.05) is 65.8 Å². The smallest absolute Gasteiger partial charge is 0.246 e. The summed E-state index contributed by atoms with van der Waals surface area (Å²) in [5, 5.41) is 0. The molecule has 0 aliphatic rings. The van der Waals surface area contributed by atoms with Gasteiger partial charge in [0.05, 0.1) is 0 Å². The minimum Gasteiger partial charge on any atom is -0.339 e. The van der Waals surface area contributed by atoms with E-state index in [4.69, 9.17) is 0 Å². The molecule has 2 nitrogen and oxygen atoms in total. The number of amides is 1. The van der Waals surface area contributed by atoms with Crippen molar-refractivity contribution < 1.29 is 4.79 Å². The molecular weight excluding hydrogens is 270 g/mol. The summed E-state index contributed by atoms with van der Waals surface area (Å²) in [6.07, 6.45) is 3.62. The van der Waals surface area contributed by atoms with Crippen LogP contribution in [0.2, 0.25) is 0 Å². The molecule has 0 heterocycles. The number of carbonyl (C=O) groups is 1. The van der Waals surface area contributed by atoms with Gasteiger partial charge in [-0.15, -0.1) is 0 Å². The van der Waals surface area contributed by atoms with Crippen LogP contribution in [0.5, 0.6) is 0 Å². The van der Waals surface area contributed by atoms with Crippen LogP contribution >= 0.6 is 0 Å². The molecule has 0 aliphatic heterocycles. The number of hydrogen-bond acceptors (Lipinski definition) is 1. The van der Waals surface area contributed by atoms with Gasteiger partial charge in [0.15, 0.2) is 0 Å². The predicted octanol–water partition coefficient (Wildman–Crippen LogP) is 4.96. The molecule has 0 bridgehead atoms. The summed E-state index contributed by atoms with van der Waals surface area (Å²) < 4.78 is 0. The lowest BCUT2D eigenvalue weighted by atomic mass is 10.0. The van der Waals surface area contributed by atoms with Crippen molar-refractivity contribution >= 4 is 12.0 Å². The van der Waals surface area contributed by atoms with E-state index in [1.807, 2.05) is 11.0 Å². The Morgan fingerprint density at radius 2 is 1.45 bits per heavy atom. The van der Waals surface area contributed by atoms with Gasteiger partial charge in [0, 0.05) is 19.2 Å². The molecule has 22 heavy (non-hydrogen) atoms. The van der Waals surface area contributed by atoms with Gasteiger partial charge in [0.1, 0.15) is 0 Å². The van der Waals surface area contributed by atoms with Gasteiger partial charge in [0.25, 0.3) is 0 Å². The Labute approximate surface area is 136 Å². The van der Waals surface area contributed by atoms with Crippen molar-refractivity contribution in [1.29, 1.82) is 0 Å². The van der Waals surface area contributed by atoms with Crippen LogP contribution in [0.1, 0.15) is 58.6 Å². The lowest BCUT2D eigenvalue weighted by Gasteiger charge is -2.25. The Bertz CT molecular complexity index is 473. The summed E-state index contributed by atoms with van der Waals surface area (Å²) in [4.78, 5) is 14.4. The summed E-state index contributed by atoms with van der Waals surface area (Å²) in [7, 11) is 0. The maximum atomic E-state index is 12.4. The van der Waals surface area contributed by atoms with E-state index >= 15 is 0 Å². The topological polar surface area (TPSA) is 20.3 Å². The van der Waals surface area contributed by atoms with Crippen LogP contribution in [0.3, 0.4) is 0 Å². The molecule has 0 fully saturated rings. The first-order chi connectivity index (χ1) is 10.3. The number of rotatable bonds is 7.